The Morgan fingerprint density at radius 2 is 2.29 bits per heavy atom. The molecule has 0 saturated heterocycles. The molecule has 0 unspecified atom stereocenters. The molecule has 17 heavy (non-hydrogen) atoms. The van der Waals surface area contributed by atoms with Crippen LogP contribution >= 0.6 is 22.9 Å². The van der Waals surface area contributed by atoms with Crippen molar-refractivity contribution in [2.75, 3.05) is 7.11 Å². The maximum absolute atomic E-state index is 13.0. The lowest BCUT2D eigenvalue weighted by Crippen LogP contribution is -1.98. The van der Waals surface area contributed by atoms with E-state index in [9.17, 15) is 9.18 Å². The van der Waals surface area contributed by atoms with Gasteiger partial charge in [-0.15, -0.1) is 11.3 Å². The monoisotopic (exact) mass is 272 g/mol. The van der Waals surface area contributed by atoms with E-state index >= 15 is 0 Å². The van der Waals surface area contributed by atoms with Crippen LogP contribution < -0.4 is 0 Å². The third-order valence-electron chi connectivity index (χ3n) is 1.91. The van der Waals surface area contributed by atoms with E-state index in [2.05, 4.69) is 14.7 Å². The van der Waals surface area contributed by atoms with Gasteiger partial charge in [-0.2, -0.15) is 0 Å². The summed E-state index contributed by atoms with van der Waals surface area (Å²) in [4.78, 5) is 19.2. The molecule has 0 aliphatic carbocycles. The zero-order valence-electron chi connectivity index (χ0n) is 8.61. The van der Waals surface area contributed by atoms with E-state index in [4.69, 9.17) is 11.6 Å². The smallest absolute Gasteiger partial charge is 0.351 e. The summed E-state index contributed by atoms with van der Waals surface area (Å²) in [5.74, 6) is -1.04. The third kappa shape index (κ3) is 2.42. The Morgan fingerprint density at radius 1 is 1.53 bits per heavy atom. The van der Waals surface area contributed by atoms with Crippen molar-refractivity contribution < 1.29 is 13.9 Å². The van der Waals surface area contributed by atoms with Gasteiger partial charge in [-0.25, -0.2) is 14.2 Å². The number of hydrogen-bond donors (Lipinski definition) is 0. The van der Waals surface area contributed by atoms with Crippen LogP contribution in [0.5, 0.6) is 0 Å². The molecule has 0 atom stereocenters. The predicted octanol–water partition coefficient (Wildman–Crippen LogP) is 2.78. The van der Waals surface area contributed by atoms with Crippen LogP contribution in [0.1, 0.15) is 9.67 Å². The summed E-state index contributed by atoms with van der Waals surface area (Å²) < 4.78 is 17.5. The zero-order valence-corrected chi connectivity index (χ0v) is 10.2. The highest BCUT2D eigenvalue weighted by Crippen LogP contribution is 2.31. The summed E-state index contributed by atoms with van der Waals surface area (Å²) in [5.41, 5.74) is 0.465. The van der Waals surface area contributed by atoms with Crippen molar-refractivity contribution in [3.63, 3.8) is 0 Å². The standard InChI is InChI=1S/C10H6ClFN2O2S/c1-16-10(15)7-8(11)14-9(17-7)5-2-6(12)4-13-3-5/h2-4H,1H3. The molecule has 2 rings (SSSR count). The lowest BCUT2D eigenvalue weighted by atomic mass is 10.3. The highest BCUT2D eigenvalue weighted by molar-refractivity contribution is 7.17. The normalized spacial score (nSPS) is 10.3. The summed E-state index contributed by atoms with van der Waals surface area (Å²) in [6, 6.07) is 1.27. The fourth-order valence-corrected chi connectivity index (χ4v) is 2.36. The number of rotatable bonds is 2. The van der Waals surface area contributed by atoms with Crippen molar-refractivity contribution in [2.24, 2.45) is 0 Å². The third-order valence-corrected chi connectivity index (χ3v) is 3.38. The number of carbonyl (C=O) groups excluding carboxylic acids is 1. The maximum Gasteiger partial charge on any atom is 0.351 e. The topological polar surface area (TPSA) is 52.1 Å². The molecule has 0 aliphatic heterocycles. The van der Waals surface area contributed by atoms with Crippen LogP contribution in [0.15, 0.2) is 18.5 Å². The van der Waals surface area contributed by atoms with Crippen LogP contribution in [-0.4, -0.2) is 23.0 Å². The molecule has 0 aliphatic rings. The molecule has 7 heteroatoms. The quantitative estimate of drug-likeness (QED) is 0.789. The average molecular weight is 273 g/mol. The van der Waals surface area contributed by atoms with Crippen LogP contribution in [0, 0.1) is 5.82 Å². The number of nitrogens with zero attached hydrogens (tertiary/aromatic N) is 2. The number of aromatic nitrogens is 2. The van der Waals surface area contributed by atoms with Crippen molar-refractivity contribution >= 4 is 28.9 Å². The zero-order chi connectivity index (χ0) is 12.4. The largest absolute Gasteiger partial charge is 0.465 e. The Balaban J connectivity index is 2.44. The number of pyridine rings is 1. The van der Waals surface area contributed by atoms with Crippen LogP contribution in [0.3, 0.4) is 0 Å². The number of thiazole rings is 1. The van der Waals surface area contributed by atoms with Gasteiger partial charge in [0.05, 0.1) is 13.3 Å². The first-order valence-corrected chi connectivity index (χ1v) is 5.67. The molecule has 0 spiro atoms. The highest BCUT2D eigenvalue weighted by atomic mass is 35.5. The van der Waals surface area contributed by atoms with Gasteiger partial charge < -0.3 is 4.74 Å². The number of hydrogen-bond acceptors (Lipinski definition) is 5. The van der Waals surface area contributed by atoms with Crippen LogP contribution in [-0.2, 0) is 4.74 Å². The second-order valence-electron chi connectivity index (χ2n) is 3.02. The molecule has 0 fully saturated rings. The van der Waals surface area contributed by atoms with Gasteiger partial charge in [-0.05, 0) is 6.07 Å². The lowest BCUT2D eigenvalue weighted by Gasteiger charge is -1.94. The van der Waals surface area contributed by atoms with Crippen molar-refractivity contribution in [2.45, 2.75) is 0 Å². The molecule has 2 heterocycles. The number of methoxy groups -OCH3 is 1. The van der Waals surface area contributed by atoms with E-state index in [1.54, 1.807) is 0 Å². The van der Waals surface area contributed by atoms with Gasteiger partial charge in [0.25, 0.3) is 0 Å². The molecule has 0 saturated carbocycles. The van der Waals surface area contributed by atoms with Crippen molar-refractivity contribution in [3.8, 4) is 10.6 Å². The molecule has 2 aromatic heterocycles. The van der Waals surface area contributed by atoms with E-state index in [-0.39, 0.29) is 10.0 Å². The van der Waals surface area contributed by atoms with Gasteiger partial charge in [0.1, 0.15) is 10.8 Å². The number of ether oxygens (including phenoxy) is 1. The molecule has 0 aromatic carbocycles. The van der Waals surface area contributed by atoms with Gasteiger partial charge >= 0.3 is 5.97 Å². The molecule has 0 amide bonds. The maximum atomic E-state index is 13.0. The molecule has 0 bridgehead atoms. The molecule has 0 radical (unpaired) electrons. The van der Waals surface area contributed by atoms with E-state index in [0.717, 1.165) is 17.5 Å². The molecular weight excluding hydrogens is 267 g/mol. The van der Waals surface area contributed by atoms with Crippen LogP contribution in [0.4, 0.5) is 4.39 Å². The van der Waals surface area contributed by atoms with E-state index in [1.165, 1.54) is 19.4 Å². The lowest BCUT2D eigenvalue weighted by molar-refractivity contribution is 0.0606. The Kier molecular flexibility index (Phi) is 3.35. The van der Waals surface area contributed by atoms with E-state index in [0.29, 0.717) is 10.6 Å². The van der Waals surface area contributed by atoms with E-state index < -0.39 is 11.8 Å². The fraction of sp³-hybridized carbons (Fsp3) is 0.100. The minimum atomic E-state index is -0.567. The Hall–Kier alpha value is -1.53. The Labute approximate surface area is 105 Å². The van der Waals surface area contributed by atoms with Gasteiger partial charge in [-0.1, -0.05) is 11.6 Å². The molecule has 88 valence electrons. The second kappa shape index (κ2) is 4.77. The average Bonchev–Trinajstić information content (AvgIpc) is 2.70. The summed E-state index contributed by atoms with van der Waals surface area (Å²) >= 11 is 6.82. The molecule has 2 aromatic rings. The number of carbonyl (C=O) groups is 1. The second-order valence-corrected chi connectivity index (χ2v) is 4.38. The predicted molar refractivity (Wildman–Crippen MR) is 61.7 cm³/mol. The summed E-state index contributed by atoms with van der Waals surface area (Å²) in [6.07, 6.45) is 2.53. The Bertz CT molecular complexity index is 573. The first-order chi connectivity index (χ1) is 8.11. The van der Waals surface area contributed by atoms with Crippen molar-refractivity contribution in [1.82, 2.24) is 9.97 Å². The van der Waals surface area contributed by atoms with Gasteiger partial charge in [0.2, 0.25) is 0 Å². The minimum absolute atomic E-state index is 0.0427. The number of halogens is 2. The summed E-state index contributed by atoms with van der Waals surface area (Å²) in [7, 11) is 1.25. The van der Waals surface area contributed by atoms with Gasteiger partial charge in [0.15, 0.2) is 10.0 Å². The Morgan fingerprint density at radius 3 is 2.94 bits per heavy atom. The van der Waals surface area contributed by atoms with Gasteiger partial charge in [-0.3, -0.25) is 4.98 Å². The van der Waals surface area contributed by atoms with Crippen LogP contribution in [0.2, 0.25) is 5.15 Å². The summed E-state index contributed by atoms with van der Waals surface area (Å²) in [5, 5.41) is 0.462. The van der Waals surface area contributed by atoms with Crippen molar-refractivity contribution in [1.29, 1.82) is 0 Å². The molecule has 4 nitrogen and oxygen atoms in total. The highest BCUT2D eigenvalue weighted by Gasteiger charge is 2.18. The van der Waals surface area contributed by atoms with Crippen LogP contribution in [0.25, 0.3) is 10.6 Å². The van der Waals surface area contributed by atoms with Crippen molar-refractivity contribution in [3.05, 3.63) is 34.3 Å². The first kappa shape index (κ1) is 11.9. The van der Waals surface area contributed by atoms with E-state index in [1.807, 2.05) is 0 Å². The number of esters is 1. The molecular formula is C10H6ClFN2O2S. The summed E-state index contributed by atoms with van der Waals surface area (Å²) in [6.45, 7) is 0. The SMILES string of the molecule is COC(=O)c1sc(-c2cncc(F)c2)nc1Cl. The van der Waals surface area contributed by atoms with Gasteiger partial charge in [0, 0.05) is 11.8 Å². The minimum Gasteiger partial charge on any atom is -0.465 e. The first-order valence-electron chi connectivity index (χ1n) is 4.47. The fourth-order valence-electron chi connectivity index (χ4n) is 1.17. The molecule has 0 N–H and O–H groups in total.